The van der Waals surface area contributed by atoms with Gasteiger partial charge in [0.2, 0.25) is 7.58 Å². The molecule has 0 saturated heterocycles. The number of ether oxygens (including phenoxy) is 1. The average molecular weight is 489 g/mol. The summed E-state index contributed by atoms with van der Waals surface area (Å²) in [7, 11) is -3.43. The largest absolute Gasteiger partial charge is 0.431 e. The Kier molecular flexibility index (Phi) is 7.51. The molecule has 0 N–H and O–H groups in total. The summed E-state index contributed by atoms with van der Waals surface area (Å²) in [6.07, 6.45) is 0. The average Bonchev–Trinajstić information content (AvgIpc) is 2.53. The molecule has 1 heterocycles. The lowest BCUT2D eigenvalue weighted by molar-refractivity contribution is -0.130. The summed E-state index contributed by atoms with van der Waals surface area (Å²) in [6.45, 7) is 1.77. The fourth-order valence-electron chi connectivity index (χ4n) is 1.34. The van der Waals surface area contributed by atoms with Gasteiger partial charge in [-0.25, -0.2) is 4.79 Å². The van der Waals surface area contributed by atoms with Crippen molar-refractivity contribution in [2.45, 2.75) is 6.92 Å². The molecule has 0 saturated carbocycles. The van der Waals surface area contributed by atoms with E-state index in [0.717, 1.165) is 7.92 Å². The van der Waals surface area contributed by atoms with E-state index in [-0.39, 0.29) is 17.1 Å². The lowest BCUT2D eigenvalue weighted by Crippen LogP contribution is -2.13. The second kappa shape index (κ2) is 8.59. The number of para-hydroxylation sites is 2. The summed E-state index contributed by atoms with van der Waals surface area (Å²) < 4.78 is 17.2. The Hall–Kier alpha value is 0.690. The van der Waals surface area contributed by atoms with Gasteiger partial charge in [-0.2, -0.15) is 4.52 Å². The summed E-state index contributed by atoms with van der Waals surface area (Å²) in [5.74, 6) is -0.313. The van der Waals surface area contributed by atoms with Crippen LogP contribution in [-0.2, 0) is 4.79 Å². The Labute approximate surface area is 166 Å². The van der Waals surface area contributed by atoms with E-state index < -0.39 is 27.9 Å². The Bertz CT molecular complexity index is 724. The number of nitrogens with zero attached hydrogens (tertiary/aromatic N) is 3. The van der Waals surface area contributed by atoms with E-state index in [1.807, 2.05) is 0 Å². The minimum Gasteiger partial charge on any atom is -0.431 e. The third kappa shape index (κ3) is 4.69. The Balaban J connectivity index is 2.35. The number of hydrogen-bond donors (Lipinski definition) is 0. The fraction of sp³-hybridized carbons (Fsp3) is 0.100. The minimum absolute atomic E-state index is 0.136. The van der Waals surface area contributed by atoms with Crippen LogP contribution in [-0.4, -0.2) is 13.9 Å². The van der Waals surface area contributed by atoms with Crippen LogP contribution in [0.25, 0.3) is 0 Å². The molecule has 1 aliphatic rings. The van der Waals surface area contributed by atoms with Crippen LogP contribution in [0.15, 0.2) is 40.9 Å². The van der Waals surface area contributed by atoms with Crippen molar-refractivity contribution in [3.8, 4) is 11.5 Å². The highest BCUT2D eigenvalue weighted by atomic mass is 35.7. The predicted molar refractivity (Wildman–Crippen MR) is 104 cm³/mol. The van der Waals surface area contributed by atoms with Crippen LogP contribution < -0.4 is 9.26 Å². The zero-order valence-electron chi connectivity index (χ0n) is 11.8. The Morgan fingerprint density at radius 2 is 1.88 bits per heavy atom. The van der Waals surface area contributed by atoms with Crippen LogP contribution in [0.2, 0.25) is 0 Å². The lowest BCUT2D eigenvalue weighted by Gasteiger charge is -2.36. The normalized spacial score (nSPS) is 28.1. The zero-order valence-corrected chi connectivity index (χ0v) is 18.3. The summed E-state index contributed by atoms with van der Waals surface area (Å²) in [5.41, 5.74) is 0.229. The first-order valence-electron chi connectivity index (χ1n) is 5.98. The van der Waals surface area contributed by atoms with Crippen molar-refractivity contribution < 1.29 is 14.1 Å². The van der Waals surface area contributed by atoms with E-state index in [0.29, 0.717) is 0 Å². The molecule has 3 unspecified atom stereocenters. The van der Waals surface area contributed by atoms with Gasteiger partial charge in [0, 0.05) is 5.57 Å². The van der Waals surface area contributed by atoms with Gasteiger partial charge in [0.25, 0.3) is 0 Å². The van der Waals surface area contributed by atoms with Gasteiger partial charge in [0.15, 0.2) is 19.1 Å². The number of carbonyl (C=O) groups excluding carboxylic acids is 1. The Morgan fingerprint density at radius 3 is 2.46 bits per heavy atom. The van der Waals surface area contributed by atoms with Gasteiger partial charge < -0.3 is 9.26 Å². The molecule has 0 bridgehead atoms. The van der Waals surface area contributed by atoms with Crippen molar-refractivity contribution in [1.82, 2.24) is 7.92 Å². The van der Waals surface area contributed by atoms with Gasteiger partial charge in [-0.1, -0.05) is 33.9 Å². The van der Waals surface area contributed by atoms with Crippen LogP contribution in [0.5, 0.6) is 11.5 Å². The van der Waals surface area contributed by atoms with E-state index in [2.05, 4.69) is 11.1 Å². The molecule has 1 aromatic rings. The number of carbonyl (C=O) groups is 1. The summed E-state index contributed by atoms with van der Waals surface area (Å²) in [6, 6.07) is 6.40. The van der Waals surface area contributed by atoms with Crippen molar-refractivity contribution in [3.05, 3.63) is 36.4 Å². The molecule has 0 aromatic heterocycles. The Morgan fingerprint density at radius 1 is 1.29 bits per heavy atom. The van der Waals surface area contributed by atoms with E-state index in [9.17, 15) is 4.79 Å². The molecule has 1 aromatic carbocycles. The predicted octanol–water partition coefficient (Wildman–Crippen LogP) is 7.59. The molecular formula is C10H9Cl5N3O3P3. The maximum absolute atomic E-state index is 11.7. The van der Waals surface area contributed by atoms with Gasteiger partial charge in [0.05, 0.1) is 0 Å². The van der Waals surface area contributed by atoms with Gasteiger partial charge >= 0.3 is 12.8 Å². The topological polar surface area (TPSA) is 54.4 Å². The quantitative estimate of drug-likeness (QED) is 0.143. The first-order chi connectivity index (χ1) is 11.2. The molecule has 24 heavy (non-hydrogen) atoms. The highest BCUT2D eigenvalue weighted by Crippen LogP contribution is 2.84. The smallest absolute Gasteiger partial charge is 0.338 e. The molecule has 14 heteroatoms. The summed E-state index contributed by atoms with van der Waals surface area (Å²) in [4.78, 5) is 11.7. The SMILES string of the molecule is C=C(C)C(=O)Oc1ccccc1OP1(Cl)=NP(Cl)N(Cl)P(Cl)N1Cl. The zero-order chi connectivity index (χ0) is 18.1. The van der Waals surface area contributed by atoms with Gasteiger partial charge in [-0.15, -0.1) is 3.96 Å². The van der Waals surface area contributed by atoms with Crippen LogP contribution in [0, 0.1) is 0 Å². The van der Waals surface area contributed by atoms with Gasteiger partial charge in [-0.05, 0) is 65.1 Å². The molecule has 0 aliphatic carbocycles. The van der Waals surface area contributed by atoms with E-state index in [4.69, 9.17) is 66.5 Å². The van der Waals surface area contributed by atoms with Crippen molar-refractivity contribution in [2.75, 3.05) is 0 Å². The first kappa shape index (κ1) is 21.0. The molecule has 0 spiro atoms. The molecular weight excluding hydrogens is 480 g/mol. The second-order valence-corrected chi connectivity index (χ2v) is 14.0. The molecule has 0 amide bonds. The van der Waals surface area contributed by atoms with E-state index in [1.54, 1.807) is 18.2 Å². The van der Waals surface area contributed by atoms with Crippen LogP contribution in [0.3, 0.4) is 0 Å². The number of rotatable bonds is 4. The third-order valence-corrected chi connectivity index (χ3v) is 15.1. The first-order valence-corrected chi connectivity index (χ1v) is 13.5. The molecule has 1 aliphatic heterocycles. The van der Waals surface area contributed by atoms with Crippen LogP contribution in [0.4, 0.5) is 0 Å². The van der Waals surface area contributed by atoms with Gasteiger partial charge in [-0.3, -0.25) is 0 Å². The van der Waals surface area contributed by atoms with Gasteiger partial charge in [0.1, 0.15) is 0 Å². The number of hydrogen-bond acceptors (Lipinski definition) is 6. The van der Waals surface area contributed by atoms with Crippen molar-refractivity contribution in [3.63, 3.8) is 0 Å². The third-order valence-electron chi connectivity index (χ3n) is 2.41. The number of benzene rings is 1. The molecule has 6 nitrogen and oxygen atoms in total. The number of esters is 1. The van der Waals surface area contributed by atoms with Crippen molar-refractivity contribution >= 4 is 85.2 Å². The van der Waals surface area contributed by atoms with Crippen LogP contribution in [0.1, 0.15) is 6.92 Å². The second-order valence-electron chi connectivity index (χ2n) is 4.23. The summed E-state index contributed by atoms with van der Waals surface area (Å²) >= 11 is 30.6. The maximum Gasteiger partial charge on any atom is 0.338 e. The maximum atomic E-state index is 11.7. The lowest BCUT2D eigenvalue weighted by atomic mass is 10.3. The van der Waals surface area contributed by atoms with Crippen LogP contribution >= 0.6 is 79.2 Å². The fourth-order valence-corrected chi connectivity index (χ4v) is 12.5. The van der Waals surface area contributed by atoms with E-state index in [1.165, 1.54) is 13.0 Å². The van der Waals surface area contributed by atoms with E-state index >= 15 is 0 Å². The molecule has 2 rings (SSSR count). The molecule has 3 atom stereocenters. The molecule has 132 valence electrons. The highest BCUT2D eigenvalue weighted by molar-refractivity contribution is 8.07. The summed E-state index contributed by atoms with van der Waals surface area (Å²) in [5, 5.41) is 0. The monoisotopic (exact) mass is 487 g/mol. The van der Waals surface area contributed by atoms with Crippen molar-refractivity contribution in [2.24, 2.45) is 4.52 Å². The van der Waals surface area contributed by atoms with Crippen molar-refractivity contribution in [1.29, 1.82) is 0 Å². The highest BCUT2D eigenvalue weighted by Gasteiger charge is 2.45. The molecule has 0 fully saturated rings. The minimum atomic E-state index is -3.27. The molecule has 0 radical (unpaired) electrons. The standard InChI is InChI=1S/C10H9Cl5N3O3P3/c1-7(2)10(19)20-8-5-3-4-6-9(8)21-24(15)16-22(13)17(11)23(14)18(24)12/h3-6H,1H2,2H3. The number of halogens is 5.